The monoisotopic (exact) mass is 463 g/mol. The summed E-state index contributed by atoms with van der Waals surface area (Å²) >= 11 is 0. The van der Waals surface area contributed by atoms with Crippen LogP contribution in [-0.2, 0) is 52.4 Å². The highest BCUT2D eigenvalue weighted by molar-refractivity contribution is 5.73. The molecule has 13 nitrogen and oxygen atoms in total. The van der Waals surface area contributed by atoms with Gasteiger partial charge < -0.3 is 38.8 Å². The second-order valence-electron chi connectivity index (χ2n) is 6.85. The molecule has 1 heterocycles. The number of carbonyl (C=O) groups is 5. The minimum Gasteiger partial charge on any atom is -0.481 e. The number of aliphatic carboxylic acids is 1. The quantitative estimate of drug-likeness (QED) is 0.209. The number of carboxylic acid groups (broad SMARTS) is 1. The van der Waals surface area contributed by atoms with Crippen LogP contribution in [0.2, 0.25) is 0 Å². The minimum atomic E-state index is -1.22. The molecular weight excluding hydrogens is 434 g/mol. The molecule has 1 aliphatic heterocycles. The topological polar surface area (TPSA) is 173 Å². The molecule has 0 radical (unpaired) electrons. The number of rotatable bonds is 12. The van der Waals surface area contributed by atoms with E-state index >= 15 is 0 Å². The summed E-state index contributed by atoms with van der Waals surface area (Å²) in [4.78, 5) is 56.9. The zero-order chi connectivity index (χ0) is 24.3. The zero-order valence-electron chi connectivity index (χ0n) is 18.4. The van der Waals surface area contributed by atoms with Crippen LogP contribution in [0.1, 0.15) is 34.1 Å². The molecule has 0 saturated carbocycles. The van der Waals surface area contributed by atoms with Crippen LogP contribution in [0.15, 0.2) is 0 Å². The number of ether oxygens (including phenoxy) is 6. The van der Waals surface area contributed by atoms with E-state index in [1.165, 1.54) is 13.8 Å². The number of esters is 3. The van der Waals surface area contributed by atoms with E-state index in [0.717, 1.165) is 13.8 Å². The van der Waals surface area contributed by atoms with Crippen LogP contribution in [0.4, 0.5) is 0 Å². The van der Waals surface area contributed by atoms with Gasteiger partial charge in [-0.1, -0.05) is 0 Å². The van der Waals surface area contributed by atoms with Crippen LogP contribution in [0.25, 0.3) is 0 Å². The number of nitrogens with one attached hydrogen (secondary N) is 1. The van der Waals surface area contributed by atoms with Crippen molar-refractivity contribution < 1.29 is 57.5 Å². The van der Waals surface area contributed by atoms with Crippen molar-refractivity contribution in [2.75, 3.05) is 26.4 Å². The second kappa shape index (κ2) is 13.6. The van der Waals surface area contributed by atoms with E-state index < -0.39 is 60.4 Å². The number of amides is 1. The van der Waals surface area contributed by atoms with Crippen molar-refractivity contribution in [2.45, 2.75) is 64.8 Å². The number of hydrogen-bond acceptors (Lipinski definition) is 11. The van der Waals surface area contributed by atoms with E-state index in [9.17, 15) is 24.0 Å². The van der Waals surface area contributed by atoms with Crippen LogP contribution < -0.4 is 5.32 Å². The molecule has 0 unspecified atom stereocenters. The van der Waals surface area contributed by atoms with Gasteiger partial charge in [0.2, 0.25) is 5.91 Å². The normalized spacial score (nSPS) is 24.8. The van der Waals surface area contributed by atoms with Crippen molar-refractivity contribution in [1.29, 1.82) is 0 Å². The summed E-state index contributed by atoms with van der Waals surface area (Å²) in [5.41, 5.74) is 0. The van der Waals surface area contributed by atoms with Crippen molar-refractivity contribution in [3.63, 3.8) is 0 Å². The zero-order valence-corrected chi connectivity index (χ0v) is 18.4. The molecule has 0 aliphatic carbocycles. The SMILES string of the molecule is CC(=O)N[C@H]1[C@H](OCCOCCC(=O)O)O[C@H](COC(C)=O)[C@H](OC(C)=O)[C@@H]1OC(C)=O. The van der Waals surface area contributed by atoms with Gasteiger partial charge in [-0.2, -0.15) is 0 Å². The molecule has 0 aromatic rings. The van der Waals surface area contributed by atoms with Crippen molar-refractivity contribution in [1.82, 2.24) is 5.32 Å². The molecule has 0 bridgehead atoms. The lowest BCUT2D eigenvalue weighted by atomic mass is 9.96. The highest BCUT2D eigenvalue weighted by Gasteiger charge is 2.51. The predicted octanol–water partition coefficient (Wildman–Crippen LogP) is -0.850. The fourth-order valence-electron chi connectivity index (χ4n) is 2.92. The molecule has 0 aromatic heterocycles. The molecular formula is C19H29NO12. The van der Waals surface area contributed by atoms with Gasteiger partial charge in [-0.05, 0) is 0 Å². The van der Waals surface area contributed by atoms with E-state index in [1.807, 2.05) is 0 Å². The van der Waals surface area contributed by atoms with E-state index in [4.69, 9.17) is 33.5 Å². The Morgan fingerprint density at radius 1 is 0.875 bits per heavy atom. The van der Waals surface area contributed by atoms with Gasteiger partial charge in [0.1, 0.15) is 18.8 Å². The maximum Gasteiger partial charge on any atom is 0.305 e. The van der Waals surface area contributed by atoms with Crippen molar-refractivity contribution in [3.05, 3.63) is 0 Å². The first-order valence-corrected chi connectivity index (χ1v) is 9.82. The third-order valence-corrected chi connectivity index (χ3v) is 4.04. The molecule has 32 heavy (non-hydrogen) atoms. The van der Waals surface area contributed by atoms with Crippen LogP contribution >= 0.6 is 0 Å². The van der Waals surface area contributed by atoms with Gasteiger partial charge in [0, 0.05) is 27.7 Å². The Morgan fingerprint density at radius 3 is 2.03 bits per heavy atom. The number of carboxylic acids is 1. The second-order valence-corrected chi connectivity index (χ2v) is 6.85. The van der Waals surface area contributed by atoms with Gasteiger partial charge in [0.15, 0.2) is 18.5 Å². The average molecular weight is 463 g/mol. The maximum absolute atomic E-state index is 11.8. The Balaban J connectivity index is 3.05. The van der Waals surface area contributed by atoms with Gasteiger partial charge in [-0.25, -0.2) is 0 Å². The van der Waals surface area contributed by atoms with Gasteiger partial charge in [-0.3, -0.25) is 24.0 Å². The molecule has 182 valence electrons. The van der Waals surface area contributed by atoms with Crippen LogP contribution in [0.3, 0.4) is 0 Å². The Hall–Kier alpha value is -2.77. The molecule has 1 saturated heterocycles. The van der Waals surface area contributed by atoms with E-state index in [0.29, 0.717) is 0 Å². The Bertz CT molecular complexity index is 681. The van der Waals surface area contributed by atoms with E-state index in [2.05, 4.69) is 5.32 Å². The molecule has 13 heteroatoms. The third-order valence-electron chi connectivity index (χ3n) is 4.04. The minimum absolute atomic E-state index is 0.0140. The highest BCUT2D eigenvalue weighted by Crippen LogP contribution is 2.28. The average Bonchev–Trinajstić information content (AvgIpc) is 2.65. The highest BCUT2D eigenvalue weighted by atomic mass is 16.7. The Kier molecular flexibility index (Phi) is 11.6. The molecule has 1 fully saturated rings. The third kappa shape index (κ3) is 10.0. The standard InChI is InChI=1S/C19H29NO12/c1-10(21)20-16-18(31-13(4)24)17(30-12(3)23)14(9-29-11(2)22)32-19(16)28-8-7-27-6-5-15(25)26/h14,16-19H,5-9H2,1-4H3,(H,20,21)(H,25,26)/t14-,16-,17+,18-,19-/m1/s1. The van der Waals surface area contributed by atoms with E-state index in [-0.39, 0.29) is 32.8 Å². The van der Waals surface area contributed by atoms with Gasteiger partial charge >= 0.3 is 23.9 Å². The van der Waals surface area contributed by atoms with Gasteiger partial charge in [-0.15, -0.1) is 0 Å². The first-order chi connectivity index (χ1) is 15.0. The van der Waals surface area contributed by atoms with E-state index in [1.54, 1.807) is 0 Å². The molecule has 1 rings (SSSR count). The lowest BCUT2D eigenvalue weighted by Crippen LogP contribution is -2.66. The molecule has 1 amide bonds. The fourth-order valence-corrected chi connectivity index (χ4v) is 2.92. The first-order valence-electron chi connectivity index (χ1n) is 9.82. The van der Waals surface area contributed by atoms with Crippen LogP contribution in [0.5, 0.6) is 0 Å². The molecule has 1 aliphatic rings. The molecule has 0 aromatic carbocycles. The Labute approximate surface area is 184 Å². The summed E-state index contributed by atoms with van der Waals surface area (Å²) in [6, 6.07) is -1.08. The molecule has 0 spiro atoms. The van der Waals surface area contributed by atoms with Crippen LogP contribution in [-0.4, -0.2) is 92.0 Å². The summed E-state index contributed by atoms with van der Waals surface area (Å²) in [6.45, 7) is 4.26. The van der Waals surface area contributed by atoms with Crippen molar-refractivity contribution in [3.8, 4) is 0 Å². The lowest BCUT2D eigenvalue weighted by Gasteiger charge is -2.44. The smallest absolute Gasteiger partial charge is 0.305 e. The molecule has 2 N–H and O–H groups in total. The summed E-state index contributed by atoms with van der Waals surface area (Å²) < 4.78 is 32.1. The summed E-state index contributed by atoms with van der Waals surface area (Å²) in [6.07, 6.45) is -4.88. The fraction of sp³-hybridized carbons (Fsp3) is 0.737. The maximum atomic E-state index is 11.8. The summed E-state index contributed by atoms with van der Waals surface area (Å²) in [7, 11) is 0. The van der Waals surface area contributed by atoms with Gasteiger partial charge in [0.05, 0.1) is 26.2 Å². The molecule has 5 atom stereocenters. The van der Waals surface area contributed by atoms with Gasteiger partial charge in [0.25, 0.3) is 0 Å². The first kappa shape index (κ1) is 27.3. The number of hydrogen-bond donors (Lipinski definition) is 2. The lowest BCUT2D eigenvalue weighted by molar-refractivity contribution is -0.279. The predicted molar refractivity (Wildman–Crippen MR) is 103 cm³/mol. The Morgan fingerprint density at radius 2 is 1.50 bits per heavy atom. The van der Waals surface area contributed by atoms with Crippen LogP contribution in [0, 0.1) is 0 Å². The van der Waals surface area contributed by atoms with Crippen molar-refractivity contribution >= 4 is 29.8 Å². The van der Waals surface area contributed by atoms with Crippen molar-refractivity contribution in [2.24, 2.45) is 0 Å². The number of carbonyl (C=O) groups excluding carboxylic acids is 4. The summed E-state index contributed by atoms with van der Waals surface area (Å²) in [5.74, 6) is -3.56. The summed E-state index contributed by atoms with van der Waals surface area (Å²) in [5, 5.41) is 11.2. The largest absolute Gasteiger partial charge is 0.481 e.